The Balaban J connectivity index is 1.47. The molecule has 1 atom stereocenters. The third kappa shape index (κ3) is 3.41. The van der Waals surface area contributed by atoms with Gasteiger partial charge in [0.1, 0.15) is 17.7 Å². The van der Waals surface area contributed by atoms with E-state index < -0.39 is 0 Å². The summed E-state index contributed by atoms with van der Waals surface area (Å²) in [6, 6.07) is 9.72. The van der Waals surface area contributed by atoms with Crippen molar-refractivity contribution in [3.63, 3.8) is 0 Å². The molecule has 2 aromatic rings. The Kier molecular flexibility index (Phi) is 4.32. The quantitative estimate of drug-likeness (QED) is 0.825. The predicted molar refractivity (Wildman–Crippen MR) is 79.2 cm³/mol. The fraction of sp³-hybridized carbons (Fsp3) is 0.467. The molecule has 1 aliphatic rings. The van der Waals surface area contributed by atoms with Gasteiger partial charge in [0.2, 0.25) is 5.91 Å². The third-order valence-electron chi connectivity index (χ3n) is 3.79. The lowest BCUT2D eigenvalue weighted by Crippen LogP contribution is -2.31. The Morgan fingerprint density at radius 2 is 2.18 bits per heavy atom. The standard InChI is InChI=1S/C15H19N5O2/c1-12-16-17-18-20(12)10-8-15(21)19-9-7-14(11-19)22-13-5-3-2-4-6-13/h2-6,14H,7-11H2,1H3. The average Bonchev–Trinajstić information content (AvgIpc) is 3.15. The number of hydrogen-bond donors (Lipinski definition) is 0. The summed E-state index contributed by atoms with van der Waals surface area (Å²) < 4.78 is 7.54. The molecule has 2 heterocycles. The number of carbonyl (C=O) groups excluding carboxylic acids is 1. The van der Waals surface area contributed by atoms with Crippen LogP contribution in [0.4, 0.5) is 0 Å². The van der Waals surface area contributed by atoms with E-state index in [1.807, 2.05) is 42.2 Å². The van der Waals surface area contributed by atoms with Crippen LogP contribution in [0.5, 0.6) is 5.75 Å². The summed E-state index contributed by atoms with van der Waals surface area (Å²) in [6.45, 7) is 3.72. The molecular weight excluding hydrogens is 282 g/mol. The van der Waals surface area contributed by atoms with Gasteiger partial charge in [-0.05, 0) is 29.5 Å². The van der Waals surface area contributed by atoms with Crippen LogP contribution in [-0.2, 0) is 11.3 Å². The van der Waals surface area contributed by atoms with E-state index in [9.17, 15) is 4.79 Å². The number of benzene rings is 1. The third-order valence-corrected chi connectivity index (χ3v) is 3.79. The van der Waals surface area contributed by atoms with Gasteiger partial charge in [-0.15, -0.1) is 5.10 Å². The number of hydrogen-bond acceptors (Lipinski definition) is 5. The summed E-state index contributed by atoms with van der Waals surface area (Å²) in [6.07, 6.45) is 1.34. The molecule has 1 amide bonds. The minimum Gasteiger partial charge on any atom is -0.489 e. The largest absolute Gasteiger partial charge is 0.489 e. The normalized spacial score (nSPS) is 17.7. The average molecular weight is 301 g/mol. The second-order valence-corrected chi connectivity index (χ2v) is 5.38. The number of para-hydroxylation sites is 1. The number of amides is 1. The second kappa shape index (κ2) is 6.55. The van der Waals surface area contributed by atoms with Crippen molar-refractivity contribution >= 4 is 5.91 Å². The summed E-state index contributed by atoms with van der Waals surface area (Å²) in [7, 11) is 0. The van der Waals surface area contributed by atoms with Gasteiger partial charge in [-0.1, -0.05) is 18.2 Å². The van der Waals surface area contributed by atoms with Gasteiger partial charge in [-0.25, -0.2) is 4.68 Å². The number of rotatable bonds is 5. The summed E-state index contributed by atoms with van der Waals surface area (Å²) in [4.78, 5) is 14.1. The molecule has 1 saturated heterocycles. The zero-order chi connectivity index (χ0) is 15.4. The molecule has 22 heavy (non-hydrogen) atoms. The molecule has 0 spiro atoms. The molecule has 3 rings (SSSR count). The topological polar surface area (TPSA) is 73.1 Å². The Hall–Kier alpha value is -2.44. The Bertz CT molecular complexity index is 628. The van der Waals surface area contributed by atoms with Crippen LogP contribution in [0.25, 0.3) is 0 Å². The van der Waals surface area contributed by atoms with Gasteiger partial charge in [0.25, 0.3) is 0 Å². The summed E-state index contributed by atoms with van der Waals surface area (Å²) in [5.74, 6) is 1.69. The van der Waals surface area contributed by atoms with E-state index in [2.05, 4.69) is 15.5 Å². The van der Waals surface area contributed by atoms with Crippen molar-refractivity contribution < 1.29 is 9.53 Å². The predicted octanol–water partition coefficient (Wildman–Crippen LogP) is 1.05. The molecule has 0 N–H and O–H groups in total. The molecule has 0 bridgehead atoms. The number of nitrogens with zero attached hydrogens (tertiary/aromatic N) is 5. The lowest BCUT2D eigenvalue weighted by molar-refractivity contribution is -0.130. The van der Waals surface area contributed by atoms with Gasteiger partial charge in [-0.2, -0.15) is 0 Å². The second-order valence-electron chi connectivity index (χ2n) is 5.38. The van der Waals surface area contributed by atoms with Crippen molar-refractivity contribution in [2.24, 2.45) is 0 Å². The van der Waals surface area contributed by atoms with Gasteiger partial charge in [-0.3, -0.25) is 4.79 Å². The first-order valence-electron chi connectivity index (χ1n) is 7.44. The molecule has 0 saturated carbocycles. The molecule has 1 unspecified atom stereocenters. The summed E-state index contributed by atoms with van der Waals surface area (Å²) in [5.41, 5.74) is 0. The molecule has 0 radical (unpaired) electrons. The number of ether oxygens (including phenoxy) is 1. The molecule has 1 aliphatic heterocycles. The smallest absolute Gasteiger partial charge is 0.224 e. The van der Waals surface area contributed by atoms with Crippen molar-refractivity contribution in [1.82, 2.24) is 25.1 Å². The Morgan fingerprint density at radius 3 is 2.91 bits per heavy atom. The monoisotopic (exact) mass is 301 g/mol. The molecule has 1 fully saturated rings. The highest BCUT2D eigenvalue weighted by Gasteiger charge is 2.27. The van der Waals surface area contributed by atoms with E-state index in [0.29, 0.717) is 19.5 Å². The molecule has 7 heteroatoms. The lowest BCUT2D eigenvalue weighted by atomic mass is 10.3. The zero-order valence-corrected chi connectivity index (χ0v) is 12.6. The summed E-state index contributed by atoms with van der Waals surface area (Å²) in [5, 5.41) is 11.2. The van der Waals surface area contributed by atoms with Gasteiger partial charge >= 0.3 is 0 Å². The molecular formula is C15H19N5O2. The van der Waals surface area contributed by atoms with Crippen LogP contribution in [0.15, 0.2) is 30.3 Å². The highest BCUT2D eigenvalue weighted by atomic mass is 16.5. The molecule has 7 nitrogen and oxygen atoms in total. The van der Waals surface area contributed by atoms with Crippen molar-refractivity contribution in [2.75, 3.05) is 13.1 Å². The van der Waals surface area contributed by atoms with Gasteiger partial charge in [0, 0.05) is 19.4 Å². The van der Waals surface area contributed by atoms with Crippen molar-refractivity contribution in [3.8, 4) is 5.75 Å². The van der Waals surface area contributed by atoms with Crippen LogP contribution in [0.1, 0.15) is 18.7 Å². The van der Waals surface area contributed by atoms with Crippen LogP contribution < -0.4 is 4.74 Å². The van der Waals surface area contributed by atoms with Crippen LogP contribution >= 0.6 is 0 Å². The van der Waals surface area contributed by atoms with E-state index in [0.717, 1.165) is 24.5 Å². The van der Waals surface area contributed by atoms with Gasteiger partial charge in [0.05, 0.1) is 13.1 Å². The maximum absolute atomic E-state index is 12.2. The van der Waals surface area contributed by atoms with Crippen molar-refractivity contribution in [1.29, 1.82) is 0 Å². The van der Waals surface area contributed by atoms with E-state index in [1.54, 1.807) is 4.68 Å². The van der Waals surface area contributed by atoms with E-state index in [1.165, 1.54) is 0 Å². The number of likely N-dealkylation sites (tertiary alicyclic amines) is 1. The molecule has 1 aromatic heterocycles. The van der Waals surface area contributed by atoms with Gasteiger partial charge < -0.3 is 9.64 Å². The number of aromatic nitrogens is 4. The minimum atomic E-state index is 0.0705. The first-order chi connectivity index (χ1) is 10.7. The first-order valence-corrected chi connectivity index (χ1v) is 7.44. The minimum absolute atomic E-state index is 0.0705. The maximum atomic E-state index is 12.2. The van der Waals surface area contributed by atoms with Crippen LogP contribution in [0, 0.1) is 6.92 Å². The van der Waals surface area contributed by atoms with Crippen LogP contribution in [-0.4, -0.2) is 50.2 Å². The van der Waals surface area contributed by atoms with E-state index in [4.69, 9.17) is 4.74 Å². The first kappa shape index (κ1) is 14.5. The van der Waals surface area contributed by atoms with E-state index in [-0.39, 0.29) is 12.0 Å². The van der Waals surface area contributed by atoms with Gasteiger partial charge in [0.15, 0.2) is 0 Å². The van der Waals surface area contributed by atoms with E-state index >= 15 is 0 Å². The highest BCUT2D eigenvalue weighted by Crippen LogP contribution is 2.18. The Morgan fingerprint density at radius 1 is 1.36 bits per heavy atom. The highest BCUT2D eigenvalue weighted by molar-refractivity contribution is 5.76. The van der Waals surface area contributed by atoms with Crippen molar-refractivity contribution in [3.05, 3.63) is 36.2 Å². The van der Waals surface area contributed by atoms with Crippen LogP contribution in [0.2, 0.25) is 0 Å². The number of tetrazole rings is 1. The summed E-state index contributed by atoms with van der Waals surface area (Å²) >= 11 is 0. The molecule has 0 aliphatic carbocycles. The maximum Gasteiger partial charge on any atom is 0.224 e. The van der Waals surface area contributed by atoms with Crippen molar-refractivity contribution in [2.45, 2.75) is 32.4 Å². The Labute approximate surface area is 128 Å². The molecule has 1 aromatic carbocycles. The SMILES string of the molecule is Cc1nnnn1CCC(=O)N1CCC(Oc2ccccc2)C1. The number of aryl methyl sites for hydroxylation is 2. The zero-order valence-electron chi connectivity index (χ0n) is 12.6. The lowest BCUT2D eigenvalue weighted by Gasteiger charge is -2.17. The fourth-order valence-corrected chi connectivity index (χ4v) is 2.56. The molecule has 116 valence electrons. The fourth-order valence-electron chi connectivity index (χ4n) is 2.56. The van der Waals surface area contributed by atoms with Crippen LogP contribution in [0.3, 0.4) is 0 Å². The number of carbonyl (C=O) groups is 1.